The molecule has 0 aliphatic carbocycles. The molecule has 0 radical (unpaired) electrons. The SMILES string of the molecule is Cc1c([C@@H]2CCC[C@H](c3ncccc3Cl)N2)nc2cccc(N3CCN(C)CC3)n12. The molecule has 2 aliphatic rings. The lowest BCUT2D eigenvalue weighted by molar-refractivity contribution is 0.311. The van der Waals surface area contributed by atoms with Gasteiger partial charge in [-0.25, -0.2) is 4.98 Å². The van der Waals surface area contributed by atoms with Gasteiger partial charge in [-0.15, -0.1) is 0 Å². The number of imidazole rings is 1. The minimum absolute atomic E-state index is 0.166. The van der Waals surface area contributed by atoms with E-state index in [0.717, 1.165) is 67.5 Å². The predicted octanol–water partition coefficient (Wildman–Crippen LogP) is 4.00. The van der Waals surface area contributed by atoms with Crippen molar-refractivity contribution in [3.63, 3.8) is 0 Å². The van der Waals surface area contributed by atoms with Gasteiger partial charge in [-0.1, -0.05) is 17.7 Å². The molecule has 2 fully saturated rings. The molecule has 3 aromatic heterocycles. The van der Waals surface area contributed by atoms with Gasteiger partial charge in [0.05, 0.1) is 28.5 Å². The fourth-order valence-corrected chi connectivity index (χ4v) is 5.12. The van der Waals surface area contributed by atoms with Crippen molar-refractivity contribution in [1.82, 2.24) is 24.6 Å². The second-order valence-electron chi connectivity index (χ2n) is 8.52. The molecule has 0 spiro atoms. The minimum Gasteiger partial charge on any atom is -0.355 e. The number of piperazine rings is 1. The molecule has 1 N–H and O–H groups in total. The zero-order valence-corrected chi connectivity index (χ0v) is 18.4. The Bertz CT molecular complexity index is 1040. The van der Waals surface area contributed by atoms with E-state index in [0.29, 0.717) is 0 Å². The molecule has 0 aromatic carbocycles. The topological polar surface area (TPSA) is 48.7 Å². The number of fused-ring (bicyclic) bond motifs is 1. The number of anilines is 1. The van der Waals surface area contributed by atoms with Crippen LogP contribution < -0.4 is 10.2 Å². The Labute approximate surface area is 182 Å². The maximum atomic E-state index is 6.43. The molecule has 3 aromatic rings. The van der Waals surface area contributed by atoms with Gasteiger partial charge in [0.2, 0.25) is 0 Å². The normalized spacial score (nSPS) is 23.2. The molecule has 7 heteroatoms. The Kier molecular flexibility index (Phi) is 5.39. The van der Waals surface area contributed by atoms with Crippen LogP contribution >= 0.6 is 11.6 Å². The number of likely N-dealkylation sites (N-methyl/N-ethyl adjacent to an activating group) is 1. The van der Waals surface area contributed by atoms with Gasteiger partial charge in [0.1, 0.15) is 11.5 Å². The van der Waals surface area contributed by atoms with E-state index in [4.69, 9.17) is 16.6 Å². The zero-order valence-electron chi connectivity index (χ0n) is 17.7. The maximum Gasteiger partial charge on any atom is 0.138 e. The predicted molar refractivity (Wildman–Crippen MR) is 121 cm³/mol. The summed E-state index contributed by atoms with van der Waals surface area (Å²) < 4.78 is 2.33. The second kappa shape index (κ2) is 8.17. The third-order valence-corrected chi connectivity index (χ3v) is 6.87. The molecular formula is C23H29ClN6. The first-order valence-electron chi connectivity index (χ1n) is 10.9. The monoisotopic (exact) mass is 424 g/mol. The molecule has 0 unspecified atom stereocenters. The van der Waals surface area contributed by atoms with Crippen LogP contribution in [0.15, 0.2) is 36.5 Å². The highest BCUT2D eigenvalue weighted by atomic mass is 35.5. The van der Waals surface area contributed by atoms with E-state index in [1.54, 1.807) is 0 Å². The molecule has 0 saturated carbocycles. The third-order valence-electron chi connectivity index (χ3n) is 6.55. The molecule has 0 bridgehead atoms. The van der Waals surface area contributed by atoms with Gasteiger partial charge in [-0.2, -0.15) is 0 Å². The summed E-state index contributed by atoms with van der Waals surface area (Å²) in [5, 5.41) is 4.53. The van der Waals surface area contributed by atoms with Crippen LogP contribution in [0.4, 0.5) is 5.82 Å². The van der Waals surface area contributed by atoms with Crippen LogP contribution in [0.5, 0.6) is 0 Å². The number of aryl methyl sites for hydroxylation is 1. The van der Waals surface area contributed by atoms with Crippen LogP contribution in [-0.2, 0) is 0 Å². The second-order valence-corrected chi connectivity index (χ2v) is 8.93. The highest BCUT2D eigenvalue weighted by Gasteiger charge is 2.29. The number of pyridine rings is 2. The van der Waals surface area contributed by atoms with Gasteiger partial charge in [0, 0.05) is 38.1 Å². The van der Waals surface area contributed by atoms with E-state index in [-0.39, 0.29) is 12.1 Å². The number of hydrogen-bond acceptors (Lipinski definition) is 5. The highest BCUT2D eigenvalue weighted by Crippen LogP contribution is 2.36. The molecule has 6 nitrogen and oxygen atoms in total. The van der Waals surface area contributed by atoms with Gasteiger partial charge >= 0.3 is 0 Å². The van der Waals surface area contributed by atoms with Gasteiger partial charge in [-0.05, 0) is 57.5 Å². The lowest BCUT2D eigenvalue weighted by atomic mass is 9.94. The maximum absolute atomic E-state index is 6.43. The molecule has 2 atom stereocenters. The summed E-state index contributed by atoms with van der Waals surface area (Å²) in [5.41, 5.74) is 4.35. The molecule has 0 amide bonds. The summed E-state index contributed by atoms with van der Waals surface area (Å²) in [6, 6.07) is 10.7. The summed E-state index contributed by atoms with van der Waals surface area (Å²) in [5.74, 6) is 1.25. The van der Waals surface area contributed by atoms with E-state index < -0.39 is 0 Å². The summed E-state index contributed by atoms with van der Waals surface area (Å²) >= 11 is 6.43. The Morgan fingerprint density at radius 2 is 1.77 bits per heavy atom. The molecule has 5 heterocycles. The Hall–Kier alpha value is -2.15. The number of rotatable bonds is 3. The van der Waals surface area contributed by atoms with Gasteiger partial charge in [-0.3, -0.25) is 9.38 Å². The average Bonchev–Trinajstić information content (AvgIpc) is 3.12. The number of nitrogens with zero attached hydrogens (tertiary/aromatic N) is 5. The van der Waals surface area contributed by atoms with E-state index in [2.05, 4.69) is 56.7 Å². The highest BCUT2D eigenvalue weighted by molar-refractivity contribution is 6.31. The number of halogens is 1. The van der Waals surface area contributed by atoms with E-state index in [1.165, 1.54) is 11.5 Å². The van der Waals surface area contributed by atoms with Crippen LogP contribution in [0.3, 0.4) is 0 Å². The van der Waals surface area contributed by atoms with Gasteiger partial charge in [0.15, 0.2) is 0 Å². The number of aromatic nitrogens is 3. The summed E-state index contributed by atoms with van der Waals surface area (Å²) in [6.45, 7) is 6.48. The third kappa shape index (κ3) is 3.57. The summed E-state index contributed by atoms with van der Waals surface area (Å²) in [6.07, 6.45) is 5.08. The first-order valence-corrected chi connectivity index (χ1v) is 11.3. The van der Waals surface area contributed by atoms with E-state index in [9.17, 15) is 0 Å². The van der Waals surface area contributed by atoms with Crippen LogP contribution in [0.25, 0.3) is 5.65 Å². The molecule has 2 saturated heterocycles. The fraction of sp³-hybridized carbons (Fsp3) is 0.478. The molecule has 5 rings (SSSR count). The number of hydrogen-bond donors (Lipinski definition) is 1. The van der Waals surface area contributed by atoms with Crippen LogP contribution in [0, 0.1) is 6.92 Å². The number of piperidine rings is 1. The summed E-state index contributed by atoms with van der Waals surface area (Å²) in [7, 11) is 2.19. The smallest absolute Gasteiger partial charge is 0.138 e. The molecule has 30 heavy (non-hydrogen) atoms. The van der Waals surface area contributed by atoms with Crippen LogP contribution in [-0.4, -0.2) is 52.5 Å². The van der Waals surface area contributed by atoms with Crippen molar-refractivity contribution in [3.05, 3.63) is 58.6 Å². The van der Waals surface area contributed by atoms with Crippen LogP contribution in [0.1, 0.15) is 48.4 Å². The van der Waals surface area contributed by atoms with Crippen molar-refractivity contribution in [2.75, 3.05) is 38.1 Å². The first kappa shape index (κ1) is 19.8. The lowest BCUT2D eigenvalue weighted by Crippen LogP contribution is -2.45. The standard InChI is InChI=1S/C23H29ClN6/c1-16-22(18-7-3-8-19(26-18)23-17(24)6-5-11-25-23)27-20-9-4-10-21(30(16)20)29-14-12-28(2)13-15-29/h4-6,9-11,18-19,26H,3,7-8,12-15H2,1-2H3/t18-,19+/m0/s1. The zero-order chi connectivity index (χ0) is 20.7. The quantitative estimate of drug-likeness (QED) is 0.688. The van der Waals surface area contributed by atoms with Gasteiger partial charge in [0.25, 0.3) is 0 Å². The van der Waals surface area contributed by atoms with Crippen molar-refractivity contribution in [3.8, 4) is 0 Å². The minimum atomic E-state index is 0.166. The number of nitrogens with one attached hydrogen (secondary N) is 1. The fourth-order valence-electron chi connectivity index (χ4n) is 4.87. The summed E-state index contributed by atoms with van der Waals surface area (Å²) in [4.78, 5) is 14.5. The van der Waals surface area contributed by atoms with E-state index >= 15 is 0 Å². The van der Waals surface area contributed by atoms with Crippen LogP contribution in [0.2, 0.25) is 5.02 Å². The average molecular weight is 425 g/mol. The largest absolute Gasteiger partial charge is 0.355 e. The molecule has 2 aliphatic heterocycles. The molecular weight excluding hydrogens is 396 g/mol. The van der Waals surface area contributed by atoms with Crippen molar-refractivity contribution < 1.29 is 0 Å². The van der Waals surface area contributed by atoms with Crippen molar-refractivity contribution in [2.24, 2.45) is 0 Å². The molecule has 158 valence electrons. The lowest BCUT2D eigenvalue weighted by Gasteiger charge is -2.34. The van der Waals surface area contributed by atoms with E-state index in [1.807, 2.05) is 18.3 Å². The Balaban J connectivity index is 1.47. The van der Waals surface area contributed by atoms with Crippen molar-refractivity contribution in [1.29, 1.82) is 0 Å². The Morgan fingerprint density at radius 1 is 1.00 bits per heavy atom. The first-order chi connectivity index (χ1) is 14.6. The van der Waals surface area contributed by atoms with Gasteiger partial charge < -0.3 is 15.1 Å². The Morgan fingerprint density at radius 3 is 2.53 bits per heavy atom. The van der Waals surface area contributed by atoms with Crippen molar-refractivity contribution >= 4 is 23.1 Å². The van der Waals surface area contributed by atoms with Crippen molar-refractivity contribution in [2.45, 2.75) is 38.3 Å².